The normalized spacial score (nSPS) is 17.0. The summed E-state index contributed by atoms with van der Waals surface area (Å²) in [7, 11) is -3.41. The van der Waals surface area contributed by atoms with Gasteiger partial charge in [0.2, 0.25) is 0 Å². The highest BCUT2D eigenvalue weighted by Crippen LogP contribution is 2.21. The van der Waals surface area contributed by atoms with Gasteiger partial charge in [-0.3, -0.25) is 0 Å². The average Bonchev–Trinajstić information content (AvgIpc) is 2.55. The highest BCUT2D eigenvalue weighted by atomic mass is 32.2. The molecule has 1 saturated heterocycles. The van der Waals surface area contributed by atoms with Gasteiger partial charge in [-0.15, -0.1) is 0 Å². The molecule has 1 aromatic rings. The van der Waals surface area contributed by atoms with E-state index in [0.29, 0.717) is 13.1 Å². The summed E-state index contributed by atoms with van der Waals surface area (Å²) < 4.78 is 28.2. The fourth-order valence-electron chi connectivity index (χ4n) is 2.78. The summed E-state index contributed by atoms with van der Waals surface area (Å²) >= 11 is 0. The Balaban J connectivity index is 1.93. The van der Waals surface area contributed by atoms with Gasteiger partial charge in [-0.05, 0) is 30.4 Å². The van der Waals surface area contributed by atoms with Gasteiger partial charge in [0.1, 0.15) is 5.82 Å². The molecule has 0 spiro atoms. The molecule has 1 aromatic heterocycles. The Morgan fingerprint density at radius 2 is 1.91 bits per heavy atom. The first-order valence-electron chi connectivity index (χ1n) is 8.40. The second kappa shape index (κ2) is 8.08. The number of aromatic nitrogens is 1. The quantitative estimate of drug-likeness (QED) is 0.824. The number of nitrogens with one attached hydrogen (secondary N) is 1. The van der Waals surface area contributed by atoms with Crippen LogP contribution < -0.4 is 9.62 Å². The van der Waals surface area contributed by atoms with Crippen molar-refractivity contribution >= 4 is 16.0 Å². The van der Waals surface area contributed by atoms with E-state index in [4.69, 9.17) is 0 Å². The maximum Gasteiger partial charge on any atom is 0.279 e. The van der Waals surface area contributed by atoms with Crippen LogP contribution in [0.4, 0.5) is 5.82 Å². The number of piperidine rings is 1. The molecule has 130 valence electrons. The van der Waals surface area contributed by atoms with Crippen LogP contribution >= 0.6 is 0 Å². The van der Waals surface area contributed by atoms with E-state index in [1.807, 2.05) is 26.0 Å². The predicted octanol–water partition coefficient (Wildman–Crippen LogP) is 1.99. The molecule has 1 N–H and O–H groups in total. The minimum atomic E-state index is -3.41. The molecule has 1 aliphatic heterocycles. The lowest BCUT2D eigenvalue weighted by Gasteiger charge is -2.31. The monoisotopic (exact) mass is 340 g/mol. The van der Waals surface area contributed by atoms with Crippen LogP contribution in [0.1, 0.15) is 39.2 Å². The summed E-state index contributed by atoms with van der Waals surface area (Å²) in [4.78, 5) is 6.79. The average molecular weight is 340 g/mol. The molecule has 1 aliphatic rings. The van der Waals surface area contributed by atoms with Crippen molar-refractivity contribution in [3.8, 4) is 0 Å². The predicted molar refractivity (Wildman–Crippen MR) is 93.5 cm³/mol. The lowest BCUT2D eigenvalue weighted by atomic mass is 9.99. The van der Waals surface area contributed by atoms with Crippen molar-refractivity contribution in [3.63, 3.8) is 0 Å². The van der Waals surface area contributed by atoms with E-state index in [2.05, 4.69) is 21.5 Å². The van der Waals surface area contributed by atoms with Crippen molar-refractivity contribution < 1.29 is 8.42 Å². The fourth-order valence-corrected chi connectivity index (χ4v) is 3.99. The van der Waals surface area contributed by atoms with Crippen molar-refractivity contribution in [1.29, 1.82) is 0 Å². The standard InChI is InChI=1S/C16H28N4O2S/c1-4-20(5-2)23(21,22)18-13-15-6-7-16(17-12-15)19-10-8-14(3)9-11-19/h6-7,12,14,18H,4-5,8-11,13H2,1-3H3. The third kappa shape index (κ3) is 4.89. The Labute approximate surface area is 140 Å². The molecular weight excluding hydrogens is 312 g/mol. The van der Waals surface area contributed by atoms with Crippen molar-refractivity contribution in [1.82, 2.24) is 14.0 Å². The summed E-state index contributed by atoms with van der Waals surface area (Å²) in [5.74, 6) is 1.77. The minimum Gasteiger partial charge on any atom is -0.357 e. The van der Waals surface area contributed by atoms with Crippen LogP contribution in [0.5, 0.6) is 0 Å². The molecule has 0 atom stereocenters. The van der Waals surface area contributed by atoms with Crippen molar-refractivity contribution in [2.45, 2.75) is 40.2 Å². The molecule has 0 unspecified atom stereocenters. The highest BCUT2D eigenvalue weighted by molar-refractivity contribution is 7.87. The molecule has 1 fully saturated rings. The smallest absolute Gasteiger partial charge is 0.279 e. The van der Waals surface area contributed by atoms with E-state index in [1.165, 1.54) is 17.1 Å². The topological polar surface area (TPSA) is 65.5 Å². The van der Waals surface area contributed by atoms with Crippen LogP contribution in [0.15, 0.2) is 18.3 Å². The first-order chi connectivity index (χ1) is 11.0. The largest absolute Gasteiger partial charge is 0.357 e. The molecular formula is C16H28N4O2S. The van der Waals surface area contributed by atoms with Crippen LogP contribution in [0, 0.1) is 5.92 Å². The first-order valence-corrected chi connectivity index (χ1v) is 9.84. The van der Waals surface area contributed by atoms with Crippen molar-refractivity contribution in [2.24, 2.45) is 5.92 Å². The van der Waals surface area contributed by atoms with Gasteiger partial charge in [0, 0.05) is 38.9 Å². The van der Waals surface area contributed by atoms with Gasteiger partial charge in [-0.2, -0.15) is 17.4 Å². The van der Waals surface area contributed by atoms with E-state index >= 15 is 0 Å². The zero-order valence-electron chi connectivity index (χ0n) is 14.3. The number of rotatable bonds is 7. The molecule has 0 amide bonds. The molecule has 0 saturated carbocycles. The SMILES string of the molecule is CCN(CC)S(=O)(=O)NCc1ccc(N2CCC(C)CC2)nc1. The summed E-state index contributed by atoms with van der Waals surface area (Å²) in [6, 6.07) is 3.93. The van der Waals surface area contributed by atoms with E-state index in [9.17, 15) is 8.42 Å². The van der Waals surface area contributed by atoms with Crippen LogP contribution in [-0.2, 0) is 16.8 Å². The second-order valence-corrected chi connectivity index (χ2v) is 7.86. The molecule has 6 nitrogen and oxygen atoms in total. The molecule has 2 heterocycles. The van der Waals surface area contributed by atoms with E-state index in [-0.39, 0.29) is 6.54 Å². The number of pyridine rings is 1. The first kappa shape index (κ1) is 18.2. The lowest BCUT2D eigenvalue weighted by molar-refractivity contribution is 0.434. The Hall–Kier alpha value is -1.18. The van der Waals surface area contributed by atoms with Crippen LogP contribution in [-0.4, -0.2) is 43.9 Å². The highest BCUT2D eigenvalue weighted by Gasteiger charge is 2.19. The summed E-state index contributed by atoms with van der Waals surface area (Å²) in [5.41, 5.74) is 0.870. The van der Waals surface area contributed by atoms with E-state index in [1.54, 1.807) is 6.20 Å². The maximum absolute atomic E-state index is 12.1. The van der Waals surface area contributed by atoms with Crippen LogP contribution in [0.2, 0.25) is 0 Å². The Kier molecular flexibility index (Phi) is 6.38. The second-order valence-electron chi connectivity index (χ2n) is 6.10. The maximum atomic E-state index is 12.1. The summed E-state index contributed by atoms with van der Waals surface area (Å²) in [6.45, 7) is 9.24. The molecule has 7 heteroatoms. The zero-order chi connectivity index (χ0) is 16.9. The van der Waals surface area contributed by atoms with Gasteiger partial charge in [0.15, 0.2) is 0 Å². The molecule has 0 radical (unpaired) electrons. The molecule has 0 aromatic carbocycles. The molecule has 2 rings (SSSR count). The van der Waals surface area contributed by atoms with E-state index < -0.39 is 10.2 Å². The minimum absolute atomic E-state index is 0.267. The Bertz CT molecular complexity index is 577. The van der Waals surface area contributed by atoms with E-state index in [0.717, 1.165) is 30.4 Å². The van der Waals surface area contributed by atoms with Gasteiger partial charge < -0.3 is 4.90 Å². The summed E-state index contributed by atoms with van der Waals surface area (Å²) in [5, 5.41) is 0. The number of hydrogen-bond donors (Lipinski definition) is 1. The van der Waals surface area contributed by atoms with Gasteiger partial charge in [-0.25, -0.2) is 4.98 Å². The third-order valence-corrected chi connectivity index (χ3v) is 6.13. The molecule has 0 bridgehead atoms. The van der Waals surface area contributed by atoms with Gasteiger partial charge in [0.25, 0.3) is 10.2 Å². The van der Waals surface area contributed by atoms with Gasteiger partial charge >= 0.3 is 0 Å². The van der Waals surface area contributed by atoms with Gasteiger partial charge in [-0.1, -0.05) is 26.8 Å². The Morgan fingerprint density at radius 3 is 2.43 bits per heavy atom. The van der Waals surface area contributed by atoms with Gasteiger partial charge in [0.05, 0.1) is 0 Å². The van der Waals surface area contributed by atoms with Crippen LogP contribution in [0.3, 0.4) is 0 Å². The fraction of sp³-hybridized carbons (Fsp3) is 0.688. The number of nitrogens with zero attached hydrogens (tertiary/aromatic N) is 3. The third-order valence-electron chi connectivity index (χ3n) is 4.42. The van der Waals surface area contributed by atoms with Crippen LogP contribution in [0.25, 0.3) is 0 Å². The van der Waals surface area contributed by atoms with Crippen molar-refractivity contribution in [3.05, 3.63) is 23.9 Å². The number of hydrogen-bond acceptors (Lipinski definition) is 4. The Morgan fingerprint density at radius 1 is 1.26 bits per heavy atom. The zero-order valence-corrected chi connectivity index (χ0v) is 15.1. The molecule has 0 aliphatic carbocycles. The van der Waals surface area contributed by atoms with Crippen molar-refractivity contribution in [2.75, 3.05) is 31.1 Å². The lowest BCUT2D eigenvalue weighted by Crippen LogP contribution is -2.40. The number of anilines is 1. The molecule has 23 heavy (non-hydrogen) atoms. The summed E-state index contributed by atoms with van der Waals surface area (Å²) in [6.07, 6.45) is 4.17.